The maximum Gasteiger partial charge on any atom is 0.363 e. The van der Waals surface area contributed by atoms with Crippen molar-refractivity contribution in [3.63, 3.8) is 0 Å². The van der Waals surface area contributed by atoms with Crippen LogP contribution in [0.25, 0.3) is 17.1 Å². The number of ether oxygens (including phenoxy) is 2. The summed E-state index contributed by atoms with van der Waals surface area (Å²) < 4.78 is 17.1. The van der Waals surface area contributed by atoms with Gasteiger partial charge in [-0.15, -0.1) is 0 Å². The Kier molecular flexibility index (Phi) is 4.79. The number of methoxy groups -OCH3 is 1. The summed E-state index contributed by atoms with van der Waals surface area (Å²) in [6.07, 6.45) is 4.87. The first kappa shape index (κ1) is 17.4. The van der Waals surface area contributed by atoms with Crippen LogP contribution in [0, 0.1) is 0 Å². The number of para-hydroxylation sites is 1. The SMILES string of the molecule is COc1cn(-c2ccccc2)nc1C(=O)OCc1nc(-c2cccnc2)no1. The summed E-state index contributed by atoms with van der Waals surface area (Å²) in [4.78, 5) is 20.6. The van der Waals surface area contributed by atoms with Gasteiger partial charge in [0.05, 0.1) is 19.0 Å². The van der Waals surface area contributed by atoms with Gasteiger partial charge in [-0.05, 0) is 24.3 Å². The number of nitrogens with zero attached hydrogens (tertiary/aromatic N) is 5. The molecule has 4 aromatic rings. The highest BCUT2D eigenvalue weighted by Crippen LogP contribution is 2.21. The van der Waals surface area contributed by atoms with Crippen LogP contribution in [0.15, 0.2) is 65.6 Å². The van der Waals surface area contributed by atoms with Crippen LogP contribution in [-0.2, 0) is 11.3 Å². The molecular weight excluding hydrogens is 362 g/mol. The second kappa shape index (κ2) is 7.70. The number of carbonyl (C=O) groups excluding carboxylic acids is 1. The van der Waals surface area contributed by atoms with Crippen molar-refractivity contribution < 1.29 is 18.8 Å². The normalized spacial score (nSPS) is 10.6. The van der Waals surface area contributed by atoms with E-state index in [4.69, 9.17) is 14.0 Å². The van der Waals surface area contributed by atoms with Crippen LogP contribution in [-0.4, -0.2) is 38.0 Å². The molecule has 1 aromatic carbocycles. The standard InChI is InChI=1S/C19H15N5O4/c1-26-15-11-24(14-7-3-2-4-8-14)22-17(15)19(25)27-12-16-21-18(23-28-16)13-6-5-9-20-10-13/h2-11H,12H2,1H3. The molecule has 0 atom stereocenters. The van der Waals surface area contributed by atoms with E-state index < -0.39 is 5.97 Å². The van der Waals surface area contributed by atoms with Crippen LogP contribution < -0.4 is 4.74 Å². The Hall–Kier alpha value is -4.01. The lowest BCUT2D eigenvalue weighted by Crippen LogP contribution is -2.08. The largest absolute Gasteiger partial charge is 0.493 e. The molecule has 0 bridgehead atoms. The summed E-state index contributed by atoms with van der Waals surface area (Å²) in [7, 11) is 1.46. The lowest BCUT2D eigenvalue weighted by molar-refractivity contribution is 0.0419. The van der Waals surface area contributed by atoms with Crippen LogP contribution in [0.1, 0.15) is 16.4 Å². The minimum atomic E-state index is -0.660. The molecule has 9 heteroatoms. The van der Waals surface area contributed by atoms with Crippen LogP contribution in [0.4, 0.5) is 0 Å². The molecule has 28 heavy (non-hydrogen) atoms. The quantitative estimate of drug-likeness (QED) is 0.472. The Labute approximate surface area is 159 Å². The lowest BCUT2D eigenvalue weighted by atomic mass is 10.3. The Morgan fingerprint density at radius 1 is 1.18 bits per heavy atom. The fourth-order valence-corrected chi connectivity index (χ4v) is 2.48. The molecule has 4 rings (SSSR count). The summed E-state index contributed by atoms with van der Waals surface area (Å²) in [5.74, 6) is 0.168. The van der Waals surface area contributed by atoms with Crippen molar-refractivity contribution in [3.05, 3.63) is 72.6 Å². The number of aromatic nitrogens is 5. The highest BCUT2D eigenvalue weighted by Gasteiger charge is 2.21. The maximum atomic E-state index is 12.4. The van der Waals surface area contributed by atoms with Gasteiger partial charge in [-0.3, -0.25) is 4.98 Å². The van der Waals surface area contributed by atoms with E-state index in [2.05, 4.69) is 20.2 Å². The first-order chi connectivity index (χ1) is 13.7. The number of rotatable bonds is 6. The molecule has 0 radical (unpaired) electrons. The van der Waals surface area contributed by atoms with Gasteiger partial charge in [-0.1, -0.05) is 23.4 Å². The number of hydrogen-bond acceptors (Lipinski definition) is 8. The molecule has 140 valence electrons. The van der Waals surface area contributed by atoms with Crippen LogP contribution >= 0.6 is 0 Å². The topological polar surface area (TPSA) is 105 Å². The van der Waals surface area contributed by atoms with Crippen molar-refractivity contribution in [2.45, 2.75) is 6.61 Å². The number of hydrogen-bond donors (Lipinski definition) is 0. The monoisotopic (exact) mass is 377 g/mol. The van der Waals surface area contributed by atoms with Crippen LogP contribution in [0.5, 0.6) is 5.75 Å². The molecule has 0 fully saturated rings. The number of benzene rings is 1. The fourth-order valence-electron chi connectivity index (χ4n) is 2.48. The second-order valence-electron chi connectivity index (χ2n) is 5.66. The van der Waals surface area contributed by atoms with Gasteiger partial charge in [-0.25, -0.2) is 9.48 Å². The van der Waals surface area contributed by atoms with Crippen LogP contribution in [0.3, 0.4) is 0 Å². The van der Waals surface area contributed by atoms with E-state index in [1.165, 1.54) is 7.11 Å². The van der Waals surface area contributed by atoms with Crippen molar-refractivity contribution >= 4 is 5.97 Å². The van der Waals surface area contributed by atoms with Crippen molar-refractivity contribution in [2.75, 3.05) is 7.11 Å². The zero-order valence-electron chi connectivity index (χ0n) is 14.8. The average molecular weight is 377 g/mol. The third-order valence-corrected chi connectivity index (χ3v) is 3.83. The van der Waals surface area contributed by atoms with Gasteiger partial charge in [0.15, 0.2) is 12.4 Å². The molecule has 3 heterocycles. The zero-order chi connectivity index (χ0) is 19.3. The van der Waals surface area contributed by atoms with Gasteiger partial charge >= 0.3 is 5.97 Å². The van der Waals surface area contributed by atoms with Crippen molar-refractivity contribution in [2.24, 2.45) is 0 Å². The Bertz CT molecular complexity index is 1080. The van der Waals surface area contributed by atoms with Crippen molar-refractivity contribution in [1.29, 1.82) is 0 Å². The Morgan fingerprint density at radius 3 is 2.79 bits per heavy atom. The third-order valence-electron chi connectivity index (χ3n) is 3.83. The summed E-state index contributed by atoms with van der Waals surface area (Å²) >= 11 is 0. The third kappa shape index (κ3) is 3.58. The van der Waals surface area contributed by atoms with Crippen LogP contribution in [0.2, 0.25) is 0 Å². The lowest BCUT2D eigenvalue weighted by Gasteiger charge is -2.01. The fraction of sp³-hybridized carbons (Fsp3) is 0.105. The predicted molar refractivity (Wildman–Crippen MR) is 96.8 cm³/mol. The van der Waals surface area contributed by atoms with Crippen molar-refractivity contribution in [3.8, 4) is 22.8 Å². The Morgan fingerprint density at radius 2 is 2.04 bits per heavy atom. The molecule has 0 saturated carbocycles. The van der Waals surface area contributed by atoms with Gasteiger partial charge < -0.3 is 14.0 Å². The smallest absolute Gasteiger partial charge is 0.363 e. The number of esters is 1. The molecule has 3 aromatic heterocycles. The molecule has 0 aliphatic rings. The number of carbonyl (C=O) groups is 1. The highest BCUT2D eigenvalue weighted by atomic mass is 16.6. The summed E-state index contributed by atoms with van der Waals surface area (Å²) in [5, 5.41) is 8.11. The molecule has 0 unspecified atom stereocenters. The van der Waals surface area contributed by atoms with Gasteiger partial charge in [0, 0.05) is 18.0 Å². The van der Waals surface area contributed by atoms with Gasteiger partial charge in [0.25, 0.3) is 5.89 Å². The van der Waals surface area contributed by atoms with Gasteiger partial charge in [-0.2, -0.15) is 10.1 Å². The first-order valence-corrected chi connectivity index (χ1v) is 8.34. The molecule has 0 N–H and O–H groups in total. The van der Waals surface area contributed by atoms with E-state index >= 15 is 0 Å². The Balaban J connectivity index is 1.47. The summed E-state index contributed by atoms with van der Waals surface area (Å²) in [6.45, 7) is -0.187. The van der Waals surface area contributed by atoms with E-state index in [1.807, 2.05) is 30.3 Å². The second-order valence-corrected chi connectivity index (χ2v) is 5.66. The van der Waals surface area contributed by atoms with Gasteiger partial charge in [0.2, 0.25) is 11.5 Å². The minimum Gasteiger partial charge on any atom is -0.493 e. The van der Waals surface area contributed by atoms with E-state index in [0.717, 1.165) is 5.69 Å². The number of pyridine rings is 1. The molecule has 0 amide bonds. The summed E-state index contributed by atoms with van der Waals surface area (Å²) in [6, 6.07) is 12.9. The molecule has 0 spiro atoms. The van der Waals surface area contributed by atoms with E-state index in [9.17, 15) is 4.79 Å². The molecule has 0 saturated heterocycles. The summed E-state index contributed by atoms with van der Waals surface area (Å²) in [5.41, 5.74) is 1.54. The van der Waals surface area contributed by atoms with Crippen molar-refractivity contribution in [1.82, 2.24) is 24.9 Å². The first-order valence-electron chi connectivity index (χ1n) is 8.34. The molecule has 0 aliphatic heterocycles. The van der Waals surface area contributed by atoms with E-state index in [-0.39, 0.29) is 18.2 Å². The minimum absolute atomic E-state index is 0.0540. The van der Waals surface area contributed by atoms with E-state index in [0.29, 0.717) is 17.1 Å². The average Bonchev–Trinajstić information content (AvgIpc) is 3.40. The van der Waals surface area contributed by atoms with Gasteiger partial charge in [0.1, 0.15) is 0 Å². The molecule has 9 nitrogen and oxygen atoms in total. The zero-order valence-corrected chi connectivity index (χ0v) is 14.8. The van der Waals surface area contributed by atoms with E-state index in [1.54, 1.807) is 35.4 Å². The molecular formula is C19H15N5O4. The maximum absolute atomic E-state index is 12.4. The molecule has 0 aliphatic carbocycles. The highest BCUT2D eigenvalue weighted by molar-refractivity contribution is 5.90. The predicted octanol–water partition coefficient (Wildman–Crippen LogP) is 2.68.